The van der Waals surface area contributed by atoms with Crippen LogP contribution in [0.3, 0.4) is 0 Å². The first kappa shape index (κ1) is 17.7. The number of nitrogens with zero attached hydrogens (tertiary/aromatic N) is 1. The van der Waals surface area contributed by atoms with Crippen molar-refractivity contribution in [2.45, 2.75) is 0 Å². The molecule has 0 aliphatic rings. The first-order chi connectivity index (χ1) is 12.6. The lowest BCUT2D eigenvalue weighted by Gasteiger charge is -2.04. The summed E-state index contributed by atoms with van der Waals surface area (Å²) in [5, 5.41) is 4.40. The van der Waals surface area contributed by atoms with E-state index < -0.39 is 5.91 Å². The van der Waals surface area contributed by atoms with Crippen molar-refractivity contribution in [3.63, 3.8) is 0 Å². The van der Waals surface area contributed by atoms with Crippen molar-refractivity contribution < 1.29 is 18.3 Å². The van der Waals surface area contributed by atoms with Crippen molar-refractivity contribution in [1.29, 1.82) is 0 Å². The standard InChI is InChI=1S/C19H14ClFN2O3/c20-14-3-7-16(8-4-14)25-12-19(24)23-22-11-17-9-10-18(26-17)13-1-5-15(21)6-2-13/h1-11H,12H2,(H,23,24)/b22-11+. The number of hydrogen-bond acceptors (Lipinski definition) is 4. The van der Waals surface area contributed by atoms with Gasteiger partial charge in [0, 0.05) is 10.6 Å². The Bertz CT molecular complexity index is 905. The van der Waals surface area contributed by atoms with Gasteiger partial charge in [-0.15, -0.1) is 0 Å². The molecule has 5 nitrogen and oxygen atoms in total. The minimum Gasteiger partial charge on any atom is -0.484 e. The van der Waals surface area contributed by atoms with Gasteiger partial charge in [-0.2, -0.15) is 5.10 Å². The summed E-state index contributed by atoms with van der Waals surface area (Å²) >= 11 is 5.77. The summed E-state index contributed by atoms with van der Waals surface area (Å²) in [6, 6.07) is 16.0. The molecule has 1 N–H and O–H groups in total. The van der Waals surface area contributed by atoms with E-state index >= 15 is 0 Å². The number of rotatable bonds is 6. The molecule has 1 heterocycles. The van der Waals surface area contributed by atoms with E-state index in [0.29, 0.717) is 22.3 Å². The summed E-state index contributed by atoms with van der Waals surface area (Å²) in [4.78, 5) is 11.7. The number of amides is 1. The number of furan rings is 1. The van der Waals surface area contributed by atoms with Gasteiger partial charge < -0.3 is 9.15 Å². The first-order valence-corrected chi connectivity index (χ1v) is 8.04. The van der Waals surface area contributed by atoms with Crippen molar-refractivity contribution in [3.8, 4) is 17.1 Å². The first-order valence-electron chi connectivity index (χ1n) is 7.66. The molecule has 0 bridgehead atoms. The number of hydrogen-bond donors (Lipinski definition) is 1. The van der Waals surface area contributed by atoms with Crippen LogP contribution >= 0.6 is 11.6 Å². The highest BCUT2D eigenvalue weighted by Crippen LogP contribution is 2.21. The second-order valence-corrected chi connectivity index (χ2v) is 5.68. The zero-order valence-electron chi connectivity index (χ0n) is 13.5. The number of halogens is 2. The Morgan fingerprint density at radius 1 is 1.12 bits per heavy atom. The Morgan fingerprint density at radius 3 is 2.58 bits per heavy atom. The molecule has 2 aromatic carbocycles. The van der Waals surface area contributed by atoms with Crippen molar-refractivity contribution in [1.82, 2.24) is 5.43 Å². The van der Waals surface area contributed by atoms with E-state index in [1.807, 2.05) is 0 Å². The predicted octanol–water partition coefficient (Wildman–Crippen LogP) is 4.27. The zero-order valence-corrected chi connectivity index (χ0v) is 14.2. The van der Waals surface area contributed by atoms with E-state index in [4.69, 9.17) is 20.8 Å². The van der Waals surface area contributed by atoms with Crippen LogP contribution in [0.5, 0.6) is 5.75 Å². The highest BCUT2D eigenvalue weighted by molar-refractivity contribution is 6.30. The third-order valence-corrected chi connectivity index (χ3v) is 3.57. The molecule has 0 aliphatic heterocycles. The molecule has 3 rings (SSSR count). The van der Waals surface area contributed by atoms with Crippen molar-refractivity contribution in [2.24, 2.45) is 5.10 Å². The molecule has 26 heavy (non-hydrogen) atoms. The van der Waals surface area contributed by atoms with Gasteiger partial charge in [-0.05, 0) is 60.7 Å². The van der Waals surface area contributed by atoms with E-state index in [2.05, 4.69) is 10.5 Å². The normalized spacial score (nSPS) is 10.8. The molecule has 1 aromatic heterocycles. The topological polar surface area (TPSA) is 63.8 Å². The molecule has 132 valence electrons. The van der Waals surface area contributed by atoms with Crippen molar-refractivity contribution in [2.75, 3.05) is 6.61 Å². The Morgan fingerprint density at radius 2 is 1.85 bits per heavy atom. The number of hydrazone groups is 1. The van der Waals surface area contributed by atoms with Crippen LogP contribution in [0, 0.1) is 5.82 Å². The lowest BCUT2D eigenvalue weighted by atomic mass is 10.2. The van der Waals surface area contributed by atoms with Crippen LogP contribution in [0.2, 0.25) is 5.02 Å². The molecule has 3 aromatic rings. The quantitative estimate of drug-likeness (QED) is 0.519. The molecule has 0 spiro atoms. The lowest BCUT2D eigenvalue weighted by Crippen LogP contribution is -2.24. The number of carbonyl (C=O) groups excluding carboxylic acids is 1. The van der Waals surface area contributed by atoms with E-state index in [0.717, 1.165) is 5.56 Å². The molecule has 0 saturated heterocycles. The Hall–Kier alpha value is -3.12. The van der Waals surface area contributed by atoms with Gasteiger partial charge in [0.1, 0.15) is 23.1 Å². The molecular formula is C19H14ClFN2O3. The Kier molecular flexibility index (Phi) is 5.66. The van der Waals surface area contributed by atoms with Crippen molar-refractivity contribution >= 4 is 23.7 Å². The summed E-state index contributed by atoms with van der Waals surface area (Å²) in [5.41, 5.74) is 3.08. The highest BCUT2D eigenvalue weighted by atomic mass is 35.5. The number of benzene rings is 2. The fourth-order valence-electron chi connectivity index (χ4n) is 2.07. The summed E-state index contributed by atoms with van der Waals surface area (Å²) < 4.78 is 23.8. The fraction of sp³-hybridized carbons (Fsp3) is 0.0526. The van der Waals surface area contributed by atoms with Crippen LogP contribution in [-0.4, -0.2) is 18.7 Å². The monoisotopic (exact) mass is 372 g/mol. The maximum Gasteiger partial charge on any atom is 0.277 e. The highest BCUT2D eigenvalue weighted by Gasteiger charge is 2.04. The minimum atomic E-state index is -0.415. The lowest BCUT2D eigenvalue weighted by molar-refractivity contribution is -0.123. The Labute approximate surface area is 154 Å². The number of nitrogens with one attached hydrogen (secondary N) is 1. The van der Waals surface area contributed by atoms with Gasteiger partial charge in [0.2, 0.25) is 0 Å². The molecule has 0 atom stereocenters. The molecular weight excluding hydrogens is 359 g/mol. The molecule has 0 saturated carbocycles. The van der Waals surface area contributed by atoms with Gasteiger partial charge in [-0.3, -0.25) is 4.79 Å². The maximum absolute atomic E-state index is 12.9. The molecule has 7 heteroatoms. The average Bonchev–Trinajstić information content (AvgIpc) is 3.11. The summed E-state index contributed by atoms with van der Waals surface area (Å²) in [6.07, 6.45) is 1.37. The summed E-state index contributed by atoms with van der Waals surface area (Å²) in [5.74, 6) is 0.822. The smallest absolute Gasteiger partial charge is 0.277 e. The van der Waals surface area contributed by atoms with Gasteiger partial charge >= 0.3 is 0 Å². The molecule has 0 aliphatic carbocycles. The van der Waals surface area contributed by atoms with E-state index in [-0.39, 0.29) is 12.4 Å². The average molecular weight is 373 g/mol. The number of ether oxygens (including phenoxy) is 1. The maximum atomic E-state index is 12.9. The van der Waals surface area contributed by atoms with E-state index in [9.17, 15) is 9.18 Å². The predicted molar refractivity (Wildman–Crippen MR) is 96.8 cm³/mol. The fourth-order valence-corrected chi connectivity index (χ4v) is 2.20. The van der Waals surface area contributed by atoms with Crippen LogP contribution in [0.1, 0.15) is 5.76 Å². The van der Waals surface area contributed by atoms with Crippen LogP contribution in [0.25, 0.3) is 11.3 Å². The van der Waals surface area contributed by atoms with Gasteiger partial charge in [0.25, 0.3) is 5.91 Å². The van der Waals surface area contributed by atoms with Crippen LogP contribution in [0.15, 0.2) is 70.2 Å². The largest absolute Gasteiger partial charge is 0.484 e. The van der Waals surface area contributed by atoms with Crippen molar-refractivity contribution in [3.05, 3.63) is 77.3 Å². The summed E-state index contributed by atoms with van der Waals surface area (Å²) in [6.45, 7) is -0.183. The molecule has 0 unspecified atom stereocenters. The van der Waals surface area contributed by atoms with Gasteiger partial charge in [-0.25, -0.2) is 9.82 Å². The van der Waals surface area contributed by atoms with Gasteiger partial charge in [-0.1, -0.05) is 11.6 Å². The minimum absolute atomic E-state index is 0.183. The van der Waals surface area contributed by atoms with Crippen LogP contribution < -0.4 is 10.2 Å². The molecule has 1 amide bonds. The SMILES string of the molecule is O=C(COc1ccc(Cl)cc1)N/N=C/c1ccc(-c2ccc(F)cc2)o1. The second-order valence-electron chi connectivity index (χ2n) is 5.24. The second kappa shape index (κ2) is 8.31. The zero-order chi connectivity index (χ0) is 18.4. The van der Waals surface area contributed by atoms with Crippen LogP contribution in [-0.2, 0) is 4.79 Å². The number of carbonyl (C=O) groups is 1. The van der Waals surface area contributed by atoms with Crippen LogP contribution in [0.4, 0.5) is 4.39 Å². The third-order valence-electron chi connectivity index (χ3n) is 3.32. The summed E-state index contributed by atoms with van der Waals surface area (Å²) in [7, 11) is 0. The van der Waals surface area contributed by atoms with Gasteiger partial charge in [0.05, 0.1) is 6.21 Å². The van der Waals surface area contributed by atoms with E-state index in [1.54, 1.807) is 48.5 Å². The third kappa shape index (κ3) is 4.94. The molecule has 0 radical (unpaired) electrons. The molecule has 0 fully saturated rings. The van der Waals surface area contributed by atoms with E-state index in [1.165, 1.54) is 18.3 Å². The van der Waals surface area contributed by atoms with Gasteiger partial charge in [0.15, 0.2) is 6.61 Å². The Balaban J connectivity index is 1.49.